The maximum Gasteiger partial charge on any atom is 0.0150 e. The summed E-state index contributed by atoms with van der Waals surface area (Å²) in [5, 5.41) is 3.43. The lowest BCUT2D eigenvalue weighted by atomic mass is 9.84. The van der Waals surface area contributed by atoms with Gasteiger partial charge in [-0.1, -0.05) is 19.1 Å². The van der Waals surface area contributed by atoms with E-state index in [-0.39, 0.29) is 0 Å². The zero-order chi connectivity index (χ0) is 7.68. The molecule has 0 aromatic heterocycles. The van der Waals surface area contributed by atoms with Crippen molar-refractivity contribution in [3.05, 3.63) is 23.9 Å². The Hall–Kier alpha value is -0.720. The van der Waals surface area contributed by atoms with E-state index in [9.17, 15) is 0 Å². The number of hydrogen-bond acceptors (Lipinski definition) is 1. The standard InChI is InChI=1S/C10H15N/c1-2-8-4-3-5-10-9(8)6-7-11-10/h3-5,8-9,11H,2,6-7H2,1H3. The third-order valence-electron chi connectivity index (χ3n) is 2.81. The topological polar surface area (TPSA) is 12.0 Å². The fourth-order valence-corrected chi connectivity index (χ4v) is 2.14. The number of hydrogen-bond donors (Lipinski definition) is 1. The van der Waals surface area contributed by atoms with Crippen molar-refractivity contribution in [3.63, 3.8) is 0 Å². The van der Waals surface area contributed by atoms with E-state index in [1.807, 2.05) is 0 Å². The van der Waals surface area contributed by atoms with Crippen LogP contribution >= 0.6 is 0 Å². The Morgan fingerprint density at radius 3 is 3.36 bits per heavy atom. The molecule has 0 bridgehead atoms. The highest BCUT2D eigenvalue weighted by molar-refractivity contribution is 5.24. The minimum atomic E-state index is 0.796. The molecule has 1 nitrogen and oxygen atoms in total. The van der Waals surface area contributed by atoms with Crippen molar-refractivity contribution in [2.75, 3.05) is 6.54 Å². The lowest BCUT2D eigenvalue weighted by molar-refractivity contribution is 0.448. The van der Waals surface area contributed by atoms with Crippen molar-refractivity contribution in [2.45, 2.75) is 19.8 Å². The predicted octanol–water partition coefficient (Wildman–Crippen LogP) is 2.08. The van der Waals surface area contributed by atoms with Crippen molar-refractivity contribution >= 4 is 0 Å². The predicted molar refractivity (Wildman–Crippen MR) is 47.1 cm³/mol. The average Bonchev–Trinajstić information content (AvgIpc) is 2.50. The van der Waals surface area contributed by atoms with Crippen LogP contribution in [0.25, 0.3) is 0 Å². The Balaban J connectivity index is 2.18. The van der Waals surface area contributed by atoms with Gasteiger partial charge in [-0.05, 0) is 24.8 Å². The second kappa shape index (κ2) is 2.72. The van der Waals surface area contributed by atoms with Crippen molar-refractivity contribution in [1.82, 2.24) is 5.32 Å². The minimum Gasteiger partial charge on any atom is -0.388 e. The van der Waals surface area contributed by atoms with Crippen molar-refractivity contribution in [1.29, 1.82) is 0 Å². The van der Waals surface area contributed by atoms with Crippen LogP contribution in [-0.2, 0) is 0 Å². The molecular weight excluding hydrogens is 134 g/mol. The van der Waals surface area contributed by atoms with Crippen LogP contribution in [0.5, 0.6) is 0 Å². The summed E-state index contributed by atoms with van der Waals surface area (Å²) in [7, 11) is 0. The number of nitrogens with one attached hydrogen (secondary N) is 1. The summed E-state index contributed by atoms with van der Waals surface area (Å²) in [5.74, 6) is 1.61. The highest BCUT2D eigenvalue weighted by atomic mass is 14.9. The quantitative estimate of drug-likeness (QED) is 0.602. The van der Waals surface area contributed by atoms with Gasteiger partial charge in [0.05, 0.1) is 0 Å². The summed E-state index contributed by atoms with van der Waals surface area (Å²) in [4.78, 5) is 0. The summed E-state index contributed by atoms with van der Waals surface area (Å²) in [5.41, 5.74) is 1.47. The van der Waals surface area contributed by atoms with Gasteiger partial charge < -0.3 is 5.32 Å². The first-order valence-corrected chi connectivity index (χ1v) is 4.54. The highest BCUT2D eigenvalue weighted by Crippen LogP contribution is 2.32. The number of fused-ring (bicyclic) bond motifs is 1. The van der Waals surface area contributed by atoms with Crippen molar-refractivity contribution in [2.24, 2.45) is 11.8 Å². The van der Waals surface area contributed by atoms with Crippen LogP contribution in [0.15, 0.2) is 23.9 Å². The molecule has 2 rings (SSSR count). The van der Waals surface area contributed by atoms with Gasteiger partial charge in [-0.2, -0.15) is 0 Å². The molecule has 1 aliphatic heterocycles. The van der Waals surface area contributed by atoms with Crippen molar-refractivity contribution < 1.29 is 0 Å². The molecule has 0 aromatic carbocycles. The van der Waals surface area contributed by atoms with Crippen LogP contribution in [0.3, 0.4) is 0 Å². The molecule has 1 heteroatoms. The largest absolute Gasteiger partial charge is 0.388 e. The van der Waals surface area contributed by atoms with Gasteiger partial charge in [-0.3, -0.25) is 0 Å². The van der Waals surface area contributed by atoms with Crippen LogP contribution in [0, 0.1) is 11.8 Å². The van der Waals surface area contributed by atoms with Gasteiger partial charge in [-0.25, -0.2) is 0 Å². The van der Waals surface area contributed by atoms with Crippen LogP contribution in [0.2, 0.25) is 0 Å². The van der Waals surface area contributed by atoms with E-state index in [0.29, 0.717) is 0 Å². The first-order valence-electron chi connectivity index (χ1n) is 4.54. The maximum atomic E-state index is 3.43. The molecule has 2 aliphatic rings. The molecule has 1 heterocycles. The van der Waals surface area contributed by atoms with Crippen molar-refractivity contribution in [3.8, 4) is 0 Å². The van der Waals surface area contributed by atoms with Gasteiger partial charge in [-0.15, -0.1) is 0 Å². The maximum absolute atomic E-state index is 3.43. The third-order valence-corrected chi connectivity index (χ3v) is 2.81. The lowest BCUT2D eigenvalue weighted by Gasteiger charge is -2.21. The van der Waals surface area contributed by atoms with Crippen LogP contribution < -0.4 is 5.32 Å². The zero-order valence-corrected chi connectivity index (χ0v) is 7.01. The second-order valence-corrected chi connectivity index (χ2v) is 3.40. The SMILES string of the molecule is CCC1C=CC=C2NCCC21. The molecule has 2 unspecified atom stereocenters. The molecule has 1 fully saturated rings. The second-order valence-electron chi connectivity index (χ2n) is 3.40. The molecule has 1 N–H and O–H groups in total. The van der Waals surface area contributed by atoms with Crippen LogP contribution in [0.1, 0.15) is 19.8 Å². The summed E-state index contributed by atoms with van der Waals surface area (Å²) in [6.45, 7) is 3.45. The van der Waals surface area contributed by atoms with E-state index in [0.717, 1.165) is 11.8 Å². The Bertz CT molecular complexity index is 203. The van der Waals surface area contributed by atoms with E-state index >= 15 is 0 Å². The monoisotopic (exact) mass is 149 g/mol. The molecular formula is C10H15N. The molecule has 11 heavy (non-hydrogen) atoms. The molecule has 2 atom stereocenters. The van der Waals surface area contributed by atoms with Gasteiger partial charge in [0.25, 0.3) is 0 Å². The van der Waals surface area contributed by atoms with E-state index in [1.165, 1.54) is 25.1 Å². The first-order chi connectivity index (χ1) is 5.42. The zero-order valence-electron chi connectivity index (χ0n) is 7.01. The molecule has 0 aromatic rings. The van der Waals surface area contributed by atoms with Gasteiger partial charge in [0, 0.05) is 18.2 Å². The number of allylic oxidation sites excluding steroid dienone is 4. The van der Waals surface area contributed by atoms with E-state index in [4.69, 9.17) is 0 Å². The third kappa shape index (κ3) is 1.09. The highest BCUT2D eigenvalue weighted by Gasteiger charge is 2.27. The Morgan fingerprint density at radius 1 is 1.64 bits per heavy atom. The van der Waals surface area contributed by atoms with Gasteiger partial charge in [0.2, 0.25) is 0 Å². The Kier molecular flexibility index (Phi) is 1.72. The van der Waals surface area contributed by atoms with Crippen LogP contribution in [-0.4, -0.2) is 6.54 Å². The molecule has 60 valence electrons. The fourth-order valence-electron chi connectivity index (χ4n) is 2.14. The number of rotatable bonds is 1. The first kappa shape index (κ1) is 6.96. The normalized spacial score (nSPS) is 34.5. The molecule has 1 saturated heterocycles. The van der Waals surface area contributed by atoms with Gasteiger partial charge in [0.1, 0.15) is 0 Å². The van der Waals surface area contributed by atoms with E-state index in [1.54, 1.807) is 0 Å². The summed E-state index contributed by atoms with van der Waals surface area (Å²) < 4.78 is 0. The van der Waals surface area contributed by atoms with Gasteiger partial charge >= 0.3 is 0 Å². The molecule has 0 spiro atoms. The van der Waals surface area contributed by atoms with Crippen LogP contribution in [0.4, 0.5) is 0 Å². The molecule has 0 radical (unpaired) electrons. The lowest BCUT2D eigenvalue weighted by Crippen LogP contribution is -2.16. The summed E-state index contributed by atoms with van der Waals surface area (Å²) in [6, 6.07) is 0. The average molecular weight is 149 g/mol. The summed E-state index contributed by atoms with van der Waals surface area (Å²) in [6.07, 6.45) is 9.37. The Morgan fingerprint density at radius 2 is 2.55 bits per heavy atom. The van der Waals surface area contributed by atoms with Gasteiger partial charge in [0.15, 0.2) is 0 Å². The molecule has 0 saturated carbocycles. The summed E-state index contributed by atoms with van der Waals surface area (Å²) >= 11 is 0. The van der Waals surface area contributed by atoms with E-state index in [2.05, 4.69) is 30.5 Å². The smallest absolute Gasteiger partial charge is 0.0150 e. The molecule has 1 aliphatic carbocycles. The van der Waals surface area contributed by atoms with E-state index < -0.39 is 0 Å². The Labute approximate surface area is 68.2 Å². The minimum absolute atomic E-state index is 0.796. The molecule has 0 amide bonds. The fraction of sp³-hybridized carbons (Fsp3) is 0.600.